The van der Waals surface area contributed by atoms with Crippen LogP contribution >= 0.6 is 0 Å². The molecule has 2 aliphatic rings. The Morgan fingerprint density at radius 1 is 1.05 bits per heavy atom. The van der Waals surface area contributed by atoms with Crippen molar-refractivity contribution in [3.63, 3.8) is 0 Å². The van der Waals surface area contributed by atoms with Crippen molar-refractivity contribution in [1.82, 2.24) is 14.7 Å². The van der Waals surface area contributed by atoms with E-state index in [0.717, 1.165) is 45.7 Å². The van der Waals surface area contributed by atoms with Crippen molar-refractivity contribution in [2.75, 3.05) is 59.0 Å². The third-order valence-corrected chi connectivity index (χ3v) is 3.95. The summed E-state index contributed by atoms with van der Waals surface area (Å²) in [4.78, 5) is 17.7. The lowest BCUT2D eigenvalue weighted by Gasteiger charge is -2.35. The second-order valence-corrected chi connectivity index (χ2v) is 5.46. The predicted octanol–water partition coefficient (Wildman–Crippen LogP) is -1.42. The van der Waals surface area contributed by atoms with Crippen LogP contribution in [-0.4, -0.2) is 95.9 Å². The number of aliphatic hydroxyl groups is 2. The summed E-state index contributed by atoms with van der Waals surface area (Å²) in [5.74, 6) is 0.173. The van der Waals surface area contributed by atoms with Crippen molar-refractivity contribution in [1.29, 1.82) is 0 Å². The maximum atomic E-state index is 11.5. The lowest BCUT2D eigenvalue weighted by atomic mass is 10.2. The summed E-state index contributed by atoms with van der Waals surface area (Å²) in [6.07, 6.45) is 1.10. The van der Waals surface area contributed by atoms with Crippen molar-refractivity contribution in [2.24, 2.45) is 0 Å². The topological polar surface area (TPSA) is 67.3 Å². The second kappa shape index (κ2) is 7.19. The molecule has 0 spiro atoms. The van der Waals surface area contributed by atoms with Crippen molar-refractivity contribution in [2.45, 2.75) is 18.9 Å². The standard InChI is InChI=1S/C13H25N3O3/c17-9-8-14-4-6-15(7-5-14)10-12(18)11-16-3-1-2-13(16)19/h12,17-18H,1-11H2. The summed E-state index contributed by atoms with van der Waals surface area (Å²) in [6.45, 7) is 6.56. The van der Waals surface area contributed by atoms with Crippen LogP contribution in [0.1, 0.15) is 12.8 Å². The van der Waals surface area contributed by atoms with Crippen molar-refractivity contribution in [3.8, 4) is 0 Å². The van der Waals surface area contributed by atoms with Gasteiger partial charge < -0.3 is 15.1 Å². The number of nitrogens with zero attached hydrogens (tertiary/aromatic N) is 3. The van der Waals surface area contributed by atoms with E-state index in [1.165, 1.54) is 0 Å². The molecule has 0 aromatic carbocycles. The highest BCUT2D eigenvalue weighted by atomic mass is 16.3. The number of likely N-dealkylation sites (tertiary alicyclic amines) is 1. The van der Waals surface area contributed by atoms with Gasteiger partial charge >= 0.3 is 0 Å². The first-order chi connectivity index (χ1) is 9.19. The number of hydrogen-bond acceptors (Lipinski definition) is 5. The minimum atomic E-state index is -0.452. The molecule has 1 unspecified atom stereocenters. The van der Waals surface area contributed by atoms with Gasteiger partial charge in [0.15, 0.2) is 0 Å². The van der Waals surface area contributed by atoms with Gasteiger partial charge in [0.1, 0.15) is 0 Å². The zero-order chi connectivity index (χ0) is 13.7. The number of piperazine rings is 1. The van der Waals surface area contributed by atoms with E-state index in [1.807, 2.05) is 0 Å². The van der Waals surface area contributed by atoms with Crippen LogP contribution in [0.5, 0.6) is 0 Å². The van der Waals surface area contributed by atoms with Gasteiger partial charge in [0.25, 0.3) is 0 Å². The van der Waals surface area contributed by atoms with Crippen molar-refractivity contribution in [3.05, 3.63) is 0 Å². The Hall–Kier alpha value is -0.690. The summed E-state index contributed by atoms with van der Waals surface area (Å²) in [6, 6.07) is 0. The summed E-state index contributed by atoms with van der Waals surface area (Å²) in [5.41, 5.74) is 0. The van der Waals surface area contributed by atoms with Crippen LogP contribution < -0.4 is 0 Å². The lowest BCUT2D eigenvalue weighted by molar-refractivity contribution is -0.129. The zero-order valence-corrected chi connectivity index (χ0v) is 11.5. The number of amides is 1. The molecule has 2 N–H and O–H groups in total. The van der Waals surface area contributed by atoms with Gasteiger partial charge in [-0.3, -0.25) is 14.6 Å². The number of carbonyl (C=O) groups excluding carboxylic acids is 1. The van der Waals surface area contributed by atoms with E-state index < -0.39 is 6.10 Å². The van der Waals surface area contributed by atoms with Crippen molar-refractivity contribution < 1.29 is 15.0 Å². The molecule has 0 saturated carbocycles. The summed E-state index contributed by atoms with van der Waals surface area (Å²) in [5, 5.41) is 18.9. The fourth-order valence-corrected chi connectivity index (χ4v) is 2.84. The number of aliphatic hydroxyl groups excluding tert-OH is 2. The zero-order valence-electron chi connectivity index (χ0n) is 11.5. The molecule has 6 heteroatoms. The summed E-state index contributed by atoms with van der Waals surface area (Å²) in [7, 11) is 0. The third-order valence-electron chi connectivity index (χ3n) is 3.95. The highest BCUT2D eigenvalue weighted by Gasteiger charge is 2.24. The van der Waals surface area contributed by atoms with E-state index in [2.05, 4.69) is 9.80 Å². The molecule has 2 fully saturated rings. The molecule has 0 radical (unpaired) electrons. The van der Waals surface area contributed by atoms with Crippen LogP contribution in [0, 0.1) is 0 Å². The largest absolute Gasteiger partial charge is 0.395 e. The Morgan fingerprint density at radius 2 is 1.74 bits per heavy atom. The molecule has 2 aliphatic heterocycles. The molecule has 1 amide bonds. The van der Waals surface area contributed by atoms with Gasteiger partial charge in [-0.05, 0) is 6.42 Å². The minimum absolute atomic E-state index is 0.173. The van der Waals surface area contributed by atoms with E-state index in [0.29, 0.717) is 19.5 Å². The summed E-state index contributed by atoms with van der Waals surface area (Å²) < 4.78 is 0. The molecule has 6 nitrogen and oxygen atoms in total. The first-order valence-corrected chi connectivity index (χ1v) is 7.20. The Balaban J connectivity index is 1.66. The van der Waals surface area contributed by atoms with Crippen LogP contribution in [0.25, 0.3) is 0 Å². The normalized spacial score (nSPS) is 24.1. The molecule has 2 heterocycles. The molecular weight excluding hydrogens is 246 g/mol. The van der Waals surface area contributed by atoms with Gasteiger partial charge in [0, 0.05) is 58.8 Å². The Morgan fingerprint density at radius 3 is 2.32 bits per heavy atom. The quantitative estimate of drug-likeness (QED) is 0.621. The molecule has 2 rings (SSSR count). The van der Waals surface area contributed by atoms with Gasteiger partial charge in [0.05, 0.1) is 12.7 Å². The van der Waals surface area contributed by atoms with Crippen molar-refractivity contribution >= 4 is 5.91 Å². The Labute approximate surface area is 114 Å². The van der Waals surface area contributed by atoms with E-state index >= 15 is 0 Å². The second-order valence-electron chi connectivity index (χ2n) is 5.46. The fraction of sp³-hybridized carbons (Fsp3) is 0.923. The molecule has 110 valence electrons. The van der Waals surface area contributed by atoms with Crippen LogP contribution in [0.4, 0.5) is 0 Å². The van der Waals surface area contributed by atoms with Crippen LogP contribution in [0.3, 0.4) is 0 Å². The molecule has 19 heavy (non-hydrogen) atoms. The van der Waals surface area contributed by atoms with Crippen LogP contribution in [-0.2, 0) is 4.79 Å². The maximum absolute atomic E-state index is 11.5. The number of hydrogen-bond donors (Lipinski definition) is 2. The van der Waals surface area contributed by atoms with Crippen LogP contribution in [0.2, 0.25) is 0 Å². The number of rotatable bonds is 6. The number of β-amino-alcohol motifs (C(OH)–C–C–N with tert-alkyl or cyclic N) is 2. The van der Waals surface area contributed by atoms with Crippen LogP contribution in [0.15, 0.2) is 0 Å². The molecule has 1 atom stereocenters. The van der Waals surface area contributed by atoms with Gasteiger partial charge in [0.2, 0.25) is 5.91 Å². The Kier molecular flexibility index (Phi) is 5.57. The molecule has 0 bridgehead atoms. The van der Waals surface area contributed by atoms with E-state index in [1.54, 1.807) is 4.90 Å². The monoisotopic (exact) mass is 271 g/mol. The molecular formula is C13H25N3O3. The lowest BCUT2D eigenvalue weighted by Crippen LogP contribution is -2.50. The molecule has 0 aromatic heterocycles. The summed E-state index contributed by atoms with van der Waals surface area (Å²) >= 11 is 0. The minimum Gasteiger partial charge on any atom is -0.395 e. The van der Waals surface area contributed by atoms with Gasteiger partial charge in [-0.1, -0.05) is 0 Å². The average molecular weight is 271 g/mol. The van der Waals surface area contributed by atoms with Gasteiger partial charge in [-0.2, -0.15) is 0 Å². The van der Waals surface area contributed by atoms with E-state index in [-0.39, 0.29) is 12.5 Å². The highest BCUT2D eigenvalue weighted by Crippen LogP contribution is 2.11. The molecule has 0 aliphatic carbocycles. The first-order valence-electron chi connectivity index (χ1n) is 7.20. The van der Waals surface area contributed by atoms with Gasteiger partial charge in [-0.15, -0.1) is 0 Å². The Bertz CT molecular complexity index is 293. The molecule has 0 aromatic rings. The highest BCUT2D eigenvalue weighted by molar-refractivity contribution is 5.78. The third kappa shape index (κ3) is 4.42. The number of carbonyl (C=O) groups is 1. The fourth-order valence-electron chi connectivity index (χ4n) is 2.84. The first kappa shape index (κ1) is 14.7. The van der Waals surface area contributed by atoms with E-state index in [4.69, 9.17) is 5.11 Å². The SMILES string of the molecule is O=C1CCCN1CC(O)CN1CCN(CCO)CC1. The smallest absolute Gasteiger partial charge is 0.222 e. The van der Waals surface area contributed by atoms with E-state index in [9.17, 15) is 9.90 Å². The van der Waals surface area contributed by atoms with Gasteiger partial charge in [-0.25, -0.2) is 0 Å². The molecule has 2 saturated heterocycles. The average Bonchev–Trinajstić information content (AvgIpc) is 2.78. The predicted molar refractivity (Wildman–Crippen MR) is 71.8 cm³/mol. The maximum Gasteiger partial charge on any atom is 0.222 e.